The van der Waals surface area contributed by atoms with Crippen LogP contribution in [0.1, 0.15) is 59.3 Å². The third-order valence-corrected chi connectivity index (χ3v) is 8.64. The SMILES string of the molecule is C=CC(=O)OCCCCOCN(COCCCCOC(=O)C=C)c1nc(N(COCCCCOC(=O)C=C)COCCOC(=O)C(=C)C)nc(N(COCCOC(=O)C(=C)C)COCCOC(=O)C(=C)C)n1. The molecule has 0 spiro atoms. The second-order valence-corrected chi connectivity index (χ2v) is 15.1. The van der Waals surface area contributed by atoms with Gasteiger partial charge in [-0.05, 0) is 59.3 Å². The molecule has 0 aromatic carbocycles. The Bertz CT molecular complexity index is 1830. The summed E-state index contributed by atoms with van der Waals surface area (Å²) in [6.07, 6.45) is 6.27. The second kappa shape index (κ2) is 40.1. The van der Waals surface area contributed by atoms with Crippen LogP contribution in [0.3, 0.4) is 0 Å². The molecule has 0 amide bonds. The quantitative estimate of drug-likeness (QED) is 0.0294. The number of hydrogen-bond donors (Lipinski definition) is 0. The van der Waals surface area contributed by atoms with Gasteiger partial charge in [-0.1, -0.05) is 39.5 Å². The summed E-state index contributed by atoms with van der Waals surface area (Å²) in [5.74, 6) is -3.35. The van der Waals surface area contributed by atoms with E-state index in [0.717, 1.165) is 18.2 Å². The van der Waals surface area contributed by atoms with Crippen LogP contribution in [0.25, 0.3) is 0 Å². The van der Waals surface area contributed by atoms with Crippen LogP contribution in [0.15, 0.2) is 74.4 Å². The molecule has 0 saturated carbocycles. The maximum absolute atomic E-state index is 12.0. The van der Waals surface area contributed by atoms with Crippen molar-refractivity contribution in [2.75, 3.05) is 134 Å². The molecule has 0 N–H and O–H groups in total. The summed E-state index contributed by atoms with van der Waals surface area (Å²) in [6, 6.07) is 0. The molecule has 0 saturated heterocycles. The van der Waals surface area contributed by atoms with Gasteiger partial charge in [0.25, 0.3) is 0 Å². The molecule has 1 heterocycles. The van der Waals surface area contributed by atoms with E-state index in [4.69, 9.17) is 71.8 Å². The first-order valence-corrected chi connectivity index (χ1v) is 23.0. The summed E-state index contributed by atoms with van der Waals surface area (Å²) >= 11 is 0. The van der Waals surface area contributed by atoms with E-state index in [-0.39, 0.29) is 154 Å². The van der Waals surface area contributed by atoms with Crippen LogP contribution in [0.4, 0.5) is 17.8 Å². The molecular weight excluding hydrogens is 949 g/mol. The number of esters is 6. The number of hydrogen-bond acceptors (Lipinski definition) is 24. The summed E-state index contributed by atoms with van der Waals surface area (Å²) in [7, 11) is 0. The third-order valence-electron chi connectivity index (χ3n) is 8.64. The lowest BCUT2D eigenvalue weighted by atomic mass is 10.3. The highest BCUT2D eigenvalue weighted by atomic mass is 16.6. The van der Waals surface area contributed by atoms with Gasteiger partial charge in [-0.3, -0.25) is 14.7 Å². The Labute approximate surface area is 421 Å². The predicted molar refractivity (Wildman–Crippen MR) is 261 cm³/mol. The van der Waals surface area contributed by atoms with Crippen molar-refractivity contribution >= 4 is 53.7 Å². The van der Waals surface area contributed by atoms with Crippen molar-refractivity contribution in [2.45, 2.75) is 59.3 Å². The third kappa shape index (κ3) is 30.9. The highest BCUT2D eigenvalue weighted by Gasteiger charge is 2.23. The maximum Gasteiger partial charge on any atom is 0.333 e. The molecule has 0 atom stereocenters. The van der Waals surface area contributed by atoms with E-state index in [9.17, 15) is 28.8 Å². The summed E-state index contributed by atoms with van der Waals surface area (Å²) in [5, 5.41) is 0. The minimum absolute atomic E-state index is 0.00430. The fourth-order valence-electron chi connectivity index (χ4n) is 4.84. The van der Waals surface area contributed by atoms with Crippen molar-refractivity contribution in [3.8, 4) is 0 Å². The summed E-state index contributed by atoms with van der Waals surface area (Å²) in [6.45, 7) is 25.2. The fraction of sp³-hybridized carbons (Fsp3) is 0.562. The van der Waals surface area contributed by atoms with Gasteiger partial charge in [-0.2, -0.15) is 15.0 Å². The molecule has 0 aliphatic rings. The van der Waals surface area contributed by atoms with Gasteiger partial charge in [0.2, 0.25) is 17.8 Å². The molecule has 0 radical (unpaired) electrons. The van der Waals surface area contributed by atoms with Gasteiger partial charge >= 0.3 is 35.8 Å². The topological polar surface area (TPSA) is 262 Å². The fourth-order valence-corrected chi connectivity index (χ4v) is 4.84. The predicted octanol–water partition coefficient (Wildman–Crippen LogP) is 4.02. The molecule has 402 valence electrons. The maximum atomic E-state index is 12.0. The van der Waals surface area contributed by atoms with Crippen molar-refractivity contribution in [2.24, 2.45) is 0 Å². The molecule has 1 rings (SSSR count). The smallest absolute Gasteiger partial charge is 0.333 e. The Morgan fingerprint density at radius 1 is 0.361 bits per heavy atom. The molecular formula is C48H72N6O18. The average molecular weight is 1020 g/mol. The lowest BCUT2D eigenvalue weighted by Crippen LogP contribution is -2.37. The molecule has 1 aromatic rings. The molecule has 1 aromatic heterocycles. The van der Waals surface area contributed by atoms with Gasteiger partial charge in [0.15, 0.2) is 0 Å². The van der Waals surface area contributed by atoms with E-state index in [1.54, 1.807) is 4.90 Å². The van der Waals surface area contributed by atoms with Crippen LogP contribution in [0, 0.1) is 0 Å². The van der Waals surface area contributed by atoms with E-state index >= 15 is 0 Å². The first kappa shape index (κ1) is 63.4. The van der Waals surface area contributed by atoms with Crippen LogP contribution in [-0.2, 0) is 85.6 Å². The molecule has 72 heavy (non-hydrogen) atoms. The number of carbonyl (C=O) groups excluding carboxylic acids is 6. The van der Waals surface area contributed by atoms with Gasteiger partial charge in [0.05, 0.1) is 39.6 Å². The molecule has 0 aliphatic heterocycles. The summed E-state index contributed by atoms with van der Waals surface area (Å²) in [5.41, 5.74) is 0.638. The average Bonchev–Trinajstić information content (AvgIpc) is 3.36. The molecule has 0 bridgehead atoms. The van der Waals surface area contributed by atoms with Crippen molar-refractivity contribution in [3.05, 3.63) is 74.4 Å². The van der Waals surface area contributed by atoms with Crippen molar-refractivity contribution in [3.63, 3.8) is 0 Å². The lowest BCUT2D eigenvalue weighted by Gasteiger charge is -2.29. The Balaban J connectivity index is 3.73. The van der Waals surface area contributed by atoms with Crippen LogP contribution < -0.4 is 14.7 Å². The normalized spacial score (nSPS) is 10.5. The zero-order chi connectivity index (χ0) is 53.4. The van der Waals surface area contributed by atoms with E-state index in [1.807, 2.05) is 0 Å². The highest BCUT2D eigenvalue weighted by Crippen LogP contribution is 2.21. The second-order valence-electron chi connectivity index (χ2n) is 15.1. The number of unbranched alkanes of at least 4 members (excludes halogenated alkanes) is 3. The van der Waals surface area contributed by atoms with Gasteiger partial charge in [0.1, 0.15) is 60.2 Å². The van der Waals surface area contributed by atoms with Gasteiger partial charge in [0, 0.05) is 54.8 Å². The Morgan fingerprint density at radius 3 is 0.806 bits per heavy atom. The molecule has 24 nitrogen and oxygen atoms in total. The summed E-state index contributed by atoms with van der Waals surface area (Å²) < 4.78 is 66.6. The van der Waals surface area contributed by atoms with Crippen LogP contribution in [0.2, 0.25) is 0 Å². The standard InChI is InChI=1S/C48H72N6O18/c1-10-40(55)67-22-16-13-19-61-31-52(32-62-20-14-17-23-68-41(56)11-2)46-49-47(53(34-64-25-28-70-43(58)37(4)5)33-63-21-15-18-24-69-42(57)12-3)51-48(50-46)54(35-65-26-29-71-44(59)38(6)7)36-66-27-30-72-45(60)39(8)9/h10-12H,1-4,6,8,13-36H2,5,7,9H3. The number of nitrogens with zero attached hydrogens (tertiary/aromatic N) is 6. The van der Waals surface area contributed by atoms with Crippen LogP contribution >= 0.6 is 0 Å². The molecule has 0 fully saturated rings. The number of anilines is 3. The number of ether oxygens (including phenoxy) is 12. The molecule has 24 heteroatoms. The van der Waals surface area contributed by atoms with Crippen molar-refractivity contribution in [1.82, 2.24) is 15.0 Å². The van der Waals surface area contributed by atoms with Gasteiger partial charge < -0.3 is 56.8 Å². The first-order chi connectivity index (χ1) is 34.6. The van der Waals surface area contributed by atoms with Gasteiger partial charge in [-0.15, -0.1) is 0 Å². The Hall–Kier alpha value is -6.57. The Morgan fingerprint density at radius 2 is 0.583 bits per heavy atom. The zero-order valence-electron chi connectivity index (χ0n) is 42.0. The van der Waals surface area contributed by atoms with E-state index in [0.29, 0.717) is 38.5 Å². The van der Waals surface area contributed by atoms with E-state index in [2.05, 4.69) is 39.5 Å². The van der Waals surface area contributed by atoms with Crippen molar-refractivity contribution in [1.29, 1.82) is 0 Å². The van der Waals surface area contributed by atoms with Gasteiger partial charge in [-0.25, -0.2) is 28.8 Å². The largest absolute Gasteiger partial charge is 0.463 e. The highest BCUT2D eigenvalue weighted by molar-refractivity contribution is 5.87. The zero-order valence-corrected chi connectivity index (χ0v) is 42.0. The van der Waals surface area contributed by atoms with E-state index in [1.165, 1.54) is 30.6 Å². The minimum Gasteiger partial charge on any atom is -0.463 e. The molecule has 0 aliphatic carbocycles. The minimum atomic E-state index is -0.596. The number of carbonyl (C=O) groups is 6. The number of rotatable bonds is 45. The summed E-state index contributed by atoms with van der Waals surface area (Å²) in [4.78, 5) is 89.6. The van der Waals surface area contributed by atoms with Crippen LogP contribution in [-0.4, -0.2) is 170 Å². The van der Waals surface area contributed by atoms with Crippen molar-refractivity contribution < 1.29 is 85.6 Å². The number of aromatic nitrogens is 3. The Kier molecular flexibility index (Phi) is 35.3. The van der Waals surface area contributed by atoms with E-state index < -0.39 is 35.8 Å². The monoisotopic (exact) mass is 1020 g/mol. The van der Waals surface area contributed by atoms with Crippen LogP contribution in [0.5, 0.6) is 0 Å². The lowest BCUT2D eigenvalue weighted by molar-refractivity contribution is -0.141. The molecule has 0 unspecified atom stereocenters. The first-order valence-electron chi connectivity index (χ1n) is 23.0.